The lowest BCUT2D eigenvalue weighted by atomic mass is 9.90. The third-order valence-corrected chi connectivity index (χ3v) is 5.98. The van der Waals surface area contributed by atoms with E-state index in [1.54, 1.807) is 11.3 Å². The Morgan fingerprint density at radius 2 is 1.70 bits per heavy atom. The molecule has 4 heteroatoms. The van der Waals surface area contributed by atoms with Gasteiger partial charge in [0.25, 0.3) is 0 Å². The smallest absolute Gasteiger partial charge is 0.120 e. The number of hydrogen-bond acceptors (Lipinski definition) is 4. The molecule has 0 aliphatic rings. The van der Waals surface area contributed by atoms with Crippen molar-refractivity contribution in [2.24, 2.45) is 0 Å². The van der Waals surface area contributed by atoms with Crippen LogP contribution in [0.3, 0.4) is 0 Å². The molecule has 0 radical (unpaired) electrons. The number of aliphatic hydroxyl groups excluding tert-OH is 1. The van der Waals surface area contributed by atoms with E-state index in [1.165, 1.54) is 0 Å². The molecule has 27 heavy (non-hydrogen) atoms. The van der Waals surface area contributed by atoms with Crippen LogP contribution in [0.2, 0.25) is 0 Å². The molecule has 142 valence electrons. The Kier molecular flexibility index (Phi) is 6.32. The highest BCUT2D eigenvalue weighted by Crippen LogP contribution is 2.36. The Morgan fingerprint density at radius 1 is 0.963 bits per heavy atom. The number of benzene rings is 2. The molecule has 3 rings (SSSR count). The average molecular weight is 383 g/mol. The standard InChI is InChI=1S/C23H26O3S/c1-3-23(25,4-2)20-13-22(27-16-20)19-9-6-10-21(12-19)26-15-18-8-5-7-17(11-18)14-24/h5-13,16,24-25H,3-4,14-15H2,1-2H3. The van der Waals surface area contributed by atoms with Gasteiger partial charge in [-0.15, -0.1) is 11.3 Å². The van der Waals surface area contributed by atoms with Gasteiger partial charge in [0, 0.05) is 4.88 Å². The summed E-state index contributed by atoms with van der Waals surface area (Å²) >= 11 is 1.65. The van der Waals surface area contributed by atoms with Crippen molar-refractivity contribution in [3.63, 3.8) is 0 Å². The zero-order chi connectivity index (χ0) is 19.3. The van der Waals surface area contributed by atoms with Crippen molar-refractivity contribution in [3.05, 3.63) is 76.7 Å². The van der Waals surface area contributed by atoms with Crippen LogP contribution in [0, 0.1) is 0 Å². The summed E-state index contributed by atoms with van der Waals surface area (Å²) < 4.78 is 5.94. The molecule has 0 fully saturated rings. The first-order chi connectivity index (χ1) is 13.1. The van der Waals surface area contributed by atoms with E-state index in [1.807, 2.05) is 56.3 Å². The van der Waals surface area contributed by atoms with Crippen molar-refractivity contribution in [3.8, 4) is 16.2 Å². The molecule has 1 aromatic heterocycles. The molecule has 3 aromatic rings. The second-order valence-corrected chi connectivity index (χ2v) is 7.64. The van der Waals surface area contributed by atoms with Gasteiger partial charge in [-0.05, 0) is 58.7 Å². The zero-order valence-electron chi connectivity index (χ0n) is 15.8. The summed E-state index contributed by atoms with van der Waals surface area (Å²) in [4.78, 5) is 1.12. The lowest BCUT2D eigenvalue weighted by Gasteiger charge is -2.24. The minimum absolute atomic E-state index is 0.0336. The fourth-order valence-electron chi connectivity index (χ4n) is 3.11. The molecule has 0 bridgehead atoms. The largest absolute Gasteiger partial charge is 0.489 e. The third-order valence-electron chi connectivity index (χ3n) is 5.00. The van der Waals surface area contributed by atoms with Crippen LogP contribution in [0.25, 0.3) is 10.4 Å². The van der Waals surface area contributed by atoms with E-state index in [2.05, 4.69) is 17.5 Å². The van der Waals surface area contributed by atoms with Crippen LogP contribution in [-0.2, 0) is 18.8 Å². The lowest BCUT2D eigenvalue weighted by molar-refractivity contribution is 0.0288. The Bertz CT molecular complexity index is 881. The van der Waals surface area contributed by atoms with Gasteiger partial charge in [0.05, 0.1) is 12.2 Å². The summed E-state index contributed by atoms with van der Waals surface area (Å²) in [5.41, 5.74) is 3.24. The molecular weight excluding hydrogens is 356 g/mol. The van der Waals surface area contributed by atoms with Gasteiger partial charge in [-0.1, -0.05) is 50.2 Å². The Labute approximate surface area is 164 Å². The molecule has 0 atom stereocenters. The normalized spacial score (nSPS) is 11.6. The topological polar surface area (TPSA) is 49.7 Å². The molecule has 0 saturated carbocycles. The van der Waals surface area contributed by atoms with Crippen molar-refractivity contribution >= 4 is 11.3 Å². The average Bonchev–Trinajstić information content (AvgIpc) is 3.23. The molecule has 2 aromatic carbocycles. The molecule has 0 unspecified atom stereocenters. The van der Waals surface area contributed by atoms with Gasteiger partial charge in [-0.3, -0.25) is 0 Å². The van der Waals surface area contributed by atoms with Gasteiger partial charge < -0.3 is 14.9 Å². The van der Waals surface area contributed by atoms with E-state index in [0.29, 0.717) is 19.4 Å². The summed E-state index contributed by atoms with van der Waals surface area (Å²) in [5, 5.41) is 22.0. The van der Waals surface area contributed by atoms with Crippen LogP contribution >= 0.6 is 11.3 Å². The predicted molar refractivity (Wildman–Crippen MR) is 111 cm³/mol. The number of rotatable bonds is 8. The van der Waals surface area contributed by atoms with Crippen LogP contribution in [0.1, 0.15) is 43.4 Å². The highest BCUT2D eigenvalue weighted by Gasteiger charge is 2.26. The first-order valence-corrected chi connectivity index (χ1v) is 10.2. The number of ether oxygens (including phenoxy) is 1. The summed E-state index contributed by atoms with van der Waals surface area (Å²) in [6.07, 6.45) is 1.41. The van der Waals surface area contributed by atoms with E-state index < -0.39 is 5.60 Å². The van der Waals surface area contributed by atoms with E-state index in [9.17, 15) is 10.2 Å². The summed E-state index contributed by atoms with van der Waals surface area (Å²) in [6.45, 7) is 4.52. The molecule has 2 N–H and O–H groups in total. The second kappa shape index (κ2) is 8.70. The number of hydrogen-bond donors (Lipinski definition) is 2. The molecule has 0 spiro atoms. The molecule has 0 amide bonds. The maximum Gasteiger partial charge on any atom is 0.120 e. The molecular formula is C23H26O3S. The van der Waals surface area contributed by atoms with Gasteiger partial charge in [-0.25, -0.2) is 0 Å². The first kappa shape index (κ1) is 19.6. The highest BCUT2D eigenvalue weighted by atomic mass is 32.1. The van der Waals surface area contributed by atoms with Crippen molar-refractivity contribution in [1.82, 2.24) is 0 Å². The minimum Gasteiger partial charge on any atom is -0.489 e. The molecule has 0 saturated heterocycles. The van der Waals surface area contributed by atoms with E-state index in [4.69, 9.17) is 4.74 Å². The van der Waals surface area contributed by atoms with Crippen LogP contribution < -0.4 is 4.74 Å². The predicted octanol–water partition coefficient (Wildman–Crippen LogP) is 5.49. The quantitative estimate of drug-likeness (QED) is 0.541. The molecule has 0 aliphatic heterocycles. The third kappa shape index (κ3) is 4.59. The first-order valence-electron chi connectivity index (χ1n) is 9.31. The van der Waals surface area contributed by atoms with Gasteiger partial charge in [0.15, 0.2) is 0 Å². The maximum absolute atomic E-state index is 10.7. The minimum atomic E-state index is -0.749. The summed E-state index contributed by atoms with van der Waals surface area (Å²) in [5.74, 6) is 0.804. The highest BCUT2D eigenvalue weighted by molar-refractivity contribution is 7.13. The number of aliphatic hydroxyl groups is 2. The summed E-state index contributed by atoms with van der Waals surface area (Å²) in [6, 6.07) is 17.9. The van der Waals surface area contributed by atoms with Crippen LogP contribution in [0.15, 0.2) is 60.0 Å². The molecule has 1 heterocycles. The van der Waals surface area contributed by atoms with Crippen LogP contribution in [0.5, 0.6) is 5.75 Å². The van der Waals surface area contributed by atoms with E-state index in [-0.39, 0.29) is 6.61 Å². The van der Waals surface area contributed by atoms with Crippen molar-refractivity contribution in [2.75, 3.05) is 0 Å². The number of thiophene rings is 1. The van der Waals surface area contributed by atoms with E-state index in [0.717, 1.165) is 32.9 Å². The maximum atomic E-state index is 10.7. The SMILES string of the molecule is CCC(O)(CC)c1csc(-c2cccc(OCc3cccc(CO)c3)c2)c1. The Hall–Kier alpha value is -2.14. The zero-order valence-corrected chi connectivity index (χ0v) is 16.6. The Balaban J connectivity index is 1.75. The van der Waals surface area contributed by atoms with Gasteiger partial charge in [0.1, 0.15) is 12.4 Å². The fraction of sp³-hybridized carbons (Fsp3) is 0.304. The van der Waals surface area contributed by atoms with E-state index >= 15 is 0 Å². The van der Waals surface area contributed by atoms with Gasteiger partial charge in [0.2, 0.25) is 0 Å². The second-order valence-electron chi connectivity index (χ2n) is 6.73. The van der Waals surface area contributed by atoms with Crippen molar-refractivity contribution in [1.29, 1.82) is 0 Å². The molecule has 0 aliphatic carbocycles. The lowest BCUT2D eigenvalue weighted by Crippen LogP contribution is -2.22. The fourth-order valence-corrected chi connectivity index (χ4v) is 4.11. The summed E-state index contributed by atoms with van der Waals surface area (Å²) in [7, 11) is 0. The van der Waals surface area contributed by atoms with Crippen molar-refractivity contribution < 1.29 is 14.9 Å². The van der Waals surface area contributed by atoms with Crippen molar-refractivity contribution in [2.45, 2.75) is 45.5 Å². The van der Waals surface area contributed by atoms with Gasteiger partial charge >= 0.3 is 0 Å². The monoisotopic (exact) mass is 382 g/mol. The van der Waals surface area contributed by atoms with Crippen LogP contribution in [-0.4, -0.2) is 10.2 Å². The Morgan fingerprint density at radius 3 is 2.44 bits per heavy atom. The van der Waals surface area contributed by atoms with Gasteiger partial charge in [-0.2, -0.15) is 0 Å². The molecule has 3 nitrogen and oxygen atoms in total. The van der Waals surface area contributed by atoms with Crippen LogP contribution in [0.4, 0.5) is 0 Å².